The van der Waals surface area contributed by atoms with Crippen molar-refractivity contribution in [3.8, 4) is 5.75 Å². The molecule has 0 unspecified atom stereocenters. The van der Waals surface area contributed by atoms with Gasteiger partial charge in [0.2, 0.25) is 5.91 Å². The summed E-state index contributed by atoms with van der Waals surface area (Å²) >= 11 is 0. The molecule has 0 radical (unpaired) electrons. The summed E-state index contributed by atoms with van der Waals surface area (Å²) in [5.41, 5.74) is 2.16. The maximum atomic E-state index is 11.5. The zero-order chi connectivity index (χ0) is 14.3. The van der Waals surface area contributed by atoms with Crippen LogP contribution in [0, 0.1) is 13.8 Å². The van der Waals surface area contributed by atoms with E-state index < -0.39 is 0 Å². The highest BCUT2D eigenvalue weighted by molar-refractivity contribution is 5.77. The van der Waals surface area contributed by atoms with Crippen molar-refractivity contribution in [1.82, 2.24) is 10.6 Å². The molecule has 1 aromatic rings. The summed E-state index contributed by atoms with van der Waals surface area (Å²) in [6, 6.07) is 5.80. The molecule has 0 heterocycles. The first kappa shape index (κ1) is 15.0. The minimum Gasteiger partial charge on any atom is -0.484 e. The van der Waals surface area contributed by atoms with E-state index in [0.717, 1.165) is 11.1 Å². The molecule has 5 heteroatoms. The van der Waals surface area contributed by atoms with E-state index in [0.29, 0.717) is 18.8 Å². The number of nitrogens with one attached hydrogen (secondary N) is 2. The van der Waals surface area contributed by atoms with Crippen molar-refractivity contribution in [2.75, 3.05) is 19.7 Å². The Morgan fingerprint density at radius 3 is 2.47 bits per heavy atom. The van der Waals surface area contributed by atoms with Crippen LogP contribution in [0.3, 0.4) is 0 Å². The van der Waals surface area contributed by atoms with Gasteiger partial charge in [-0.1, -0.05) is 17.7 Å². The lowest BCUT2D eigenvalue weighted by atomic mass is 10.1. The Hall–Kier alpha value is -2.04. The molecule has 0 saturated heterocycles. The van der Waals surface area contributed by atoms with Gasteiger partial charge in [-0.3, -0.25) is 9.59 Å². The number of rotatable bonds is 6. The van der Waals surface area contributed by atoms with Crippen molar-refractivity contribution in [2.24, 2.45) is 0 Å². The minimum atomic E-state index is -0.203. The summed E-state index contributed by atoms with van der Waals surface area (Å²) in [5.74, 6) is 0.397. The Labute approximate surface area is 113 Å². The Morgan fingerprint density at radius 1 is 1.16 bits per heavy atom. The molecule has 0 aliphatic rings. The van der Waals surface area contributed by atoms with Crippen molar-refractivity contribution in [2.45, 2.75) is 20.8 Å². The Bertz CT molecular complexity index is 458. The van der Waals surface area contributed by atoms with Crippen LogP contribution in [-0.4, -0.2) is 31.5 Å². The molecule has 0 saturated carbocycles. The van der Waals surface area contributed by atoms with Crippen LogP contribution in [-0.2, 0) is 9.59 Å². The standard InChI is InChI=1S/C14H20N2O3/c1-10-4-5-13(11(2)8-10)19-9-14(18)16-7-6-15-12(3)17/h4-5,8H,6-7,9H2,1-3H3,(H,15,17)(H,16,18). The highest BCUT2D eigenvalue weighted by Crippen LogP contribution is 2.18. The van der Waals surface area contributed by atoms with Crippen molar-refractivity contribution in [3.63, 3.8) is 0 Å². The Kier molecular flexibility index (Phi) is 5.85. The molecule has 0 aliphatic carbocycles. The average molecular weight is 264 g/mol. The second-order valence-corrected chi connectivity index (χ2v) is 4.39. The number of benzene rings is 1. The first-order chi connectivity index (χ1) is 8.99. The van der Waals surface area contributed by atoms with E-state index in [1.807, 2.05) is 32.0 Å². The monoisotopic (exact) mass is 264 g/mol. The number of amides is 2. The van der Waals surface area contributed by atoms with Crippen LogP contribution >= 0.6 is 0 Å². The molecule has 0 bridgehead atoms. The molecule has 0 atom stereocenters. The van der Waals surface area contributed by atoms with Crippen molar-refractivity contribution in [3.05, 3.63) is 29.3 Å². The molecular weight excluding hydrogens is 244 g/mol. The molecule has 1 rings (SSSR count). The van der Waals surface area contributed by atoms with Gasteiger partial charge in [0.15, 0.2) is 6.61 Å². The predicted molar refractivity (Wildman–Crippen MR) is 73.1 cm³/mol. The van der Waals surface area contributed by atoms with Gasteiger partial charge in [0.25, 0.3) is 5.91 Å². The van der Waals surface area contributed by atoms with E-state index in [1.165, 1.54) is 6.92 Å². The van der Waals surface area contributed by atoms with E-state index in [9.17, 15) is 9.59 Å². The fraction of sp³-hybridized carbons (Fsp3) is 0.429. The third kappa shape index (κ3) is 5.90. The average Bonchev–Trinajstić information content (AvgIpc) is 2.33. The molecule has 0 aromatic heterocycles. The topological polar surface area (TPSA) is 67.4 Å². The summed E-state index contributed by atoms with van der Waals surface area (Å²) in [4.78, 5) is 22.1. The van der Waals surface area contributed by atoms with Crippen LogP contribution in [0.15, 0.2) is 18.2 Å². The molecule has 104 valence electrons. The first-order valence-corrected chi connectivity index (χ1v) is 6.20. The van der Waals surface area contributed by atoms with Gasteiger partial charge in [-0.05, 0) is 25.5 Å². The lowest BCUT2D eigenvalue weighted by molar-refractivity contribution is -0.123. The van der Waals surface area contributed by atoms with Crippen molar-refractivity contribution < 1.29 is 14.3 Å². The Morgan fingerprint density at radius 2 is 1.84 bits per heavy atom. The number of ether oxygens (including phenoxy) is 1. The number of carbonyl (C=O) groups excluding carboxylic acids is 2. The van der Waals surface area contributed by atoms with E-state index >= 15 is 0 Å². The van der Waals surface area contributed by atoms with Crippen LogP contribution in [0.1, 0.15) is 18.1 Å². The van der Waals surface area contributed by atoms with Gasteiger partial charge in [0.05, 0.1) is 0 Å². The van der Waals surface area contributed by atoms with Crippen LogP contribution < -0.4 is 15.4 Å². The zero-order valence-corrected chi connectivity index (χ0v) is 11.6. The quantitative estimate of drug-likeness (QED) is 0.751. The van der Waals surface area contributed by atoms with Crippen LogP contribution in [0.2, 0.25) is 0 Å². The summed E-state index contributed by atoms with van der Waals surface area (Å²) < 4.78 is 5.43. The molecule has 2 amide bonds. The van der Waals surface area contributed by atoms with E-state index in [1.54, 1.807) is 0 Å². The van der Waals surface area contributed by atoms with E-state index in [4.69, 9.17) is 4.74 Å². The lowest BCUT2D eigenvalue weighted by Crippen LogP contribution is -2.36. The maximum absolute atomic E-state index is 11.5. The van der Waals surface area contributed by atoms with Gasteiger partial charge in [-0.25, -0.2) is 0 Å². The summed E-state index contributed by atoms with van der Waals surface area (Å²) in [6.07, 6.45) is 0. The molecule has 1 aromatic carbocycles. The SMILES string of the molecule is CC(=O)NCCNC(=O)COc1ccc(C)cc1C. The van der Waals surface area contributed by atoms with Crippen LogP contribution in [0.5, 0.6) is 5.75 Å². The fourth-order valence-electron chi connectivity index (χ4n) is 1.60. The summed E-state index contributed by atoms with van der Waals surface area (Å²) in [5, 5.41) is 5.26. The molecular formula is C14H20N2O3. The van der Waals surface area contributed by atoms with Gasteiger partial charge in [-0.2, -0.15) is 0 Å². The van der Waals surface area contributed by atoms with Crippen molar-refractivity contribution >= 4 is 11.8 Å². The minimum absolute atomic E-state index is 0.0238. The highest BCUT2D eigenvalue weighted by atomic mass is 16.5. The third-order valence-corrected chi connectivity index (χ3v) is 2.51. The largest absolute Gasteiger partial charge is 0.484 e. The number of aryl methyl sites for hydroxylation is 2. The smallest absolute Gasteiger partial charge is 0.258 e. The molecule has 19 heavy (non-hydrogen) atoms. The third-order valence-electron chi connectivity index (χ3n) is 2.51. The van der Waals surface area contributed by atoms with Crippen LogP contribution in [0.4, 0.5) is 0 Å². The molecule has 5 nitrogen and oxygen atoms in total. The van der Waals surface area contributed by atoms with Gasteiger partial charge in [-0.15, -0.1) is 0 Å². The van der Waals surface area contributed by atoms with Gasteiger partial charge in [0.1, 0.15) is 5.75 Å². The molecule has 0 fully saturated rings. The molecule has 2 N–H and O–H groups in total. The molecule has 0 aliphatic heterocycles. The number of hydrogen-bond acceptors (Lipinski definition) is 3. The second kappa shape index (κ2) is 7.41. The maximum Gasteiger partial charge on any atom is 0.258 e. The van der Waals surface area contributed by atoms with Gasteiger partial charge >= 0.3 is 0 Å². The highest BCUT2D eigenvalue weighted by Gasteiger charge is 2.04. The van der Waals surface area contributed by atoms with Gasteiger partial charge in [0, 0.05) is 20.0 Å². The fourth-order valence-corrected chi connectivity index (χ4v) is 1.60. The van der Waals surface area contributed by atoms with Crippen molar-refractivity contribution in [1.29, 1.82) is 0 Å². The first-order valence-electron chi connectivity index (χ1n) is 6.20. The molecule has 0 spiro atoms. The van der Waals surface area contributed by atoms with E-state index in [-0.39, 0.29) is 18.4 Å². The van der Waals surface area contributed by atoms with Crippen LogP contribution in [0.25, 0.3) is 0 Å². The Balaban J connectivity index is 2.28. The summed E-state index contributed by atoms with van der Waals surface area (Å²) in [7, 11) is 0. The lowest BCUT2D eigenvalue weighted by Gasteiger charge is -2.10. The second-order valence-electron chi connectivity index (χ2n) is 4.39. The van der Waals surface area contributed by atoms with Gasteiger partial charge < -0.3 is 15.4 Å². The normalized spacial score (nSPS) is 9.84. The van der Waals surface area contributed by atoms with E-state index in [2.05, 4.69) is 10.6 Å². The summed E-state index contributed by atoms with van der Waals surface area (Å²) in [6.45, 7) is 6.18. The number of hydrogen-bond donors (Lipinski definition) is 2. The predicted octanol–water partition coefficient (Wildman–Crippen LogP) is 0.935. The zero-order valence-electron chi connectivity index (χ0n) is 11.6. The number of carbonyl (C=O) groups is 2.